The van der Waals surface area contributed by atoms with E-state index >= 15 is 0 Å². The molecule has 5 heteroatoms. The molecule has 0 heterocycles. The molecule has 0 fully saturated rings. The van der Waals surface area contributed by atoms with Gasteiger partial charge in [-0.2, -0.15) is 8.42 Å². The lowest BCUT2D eigenvalue weighted by Gasteiger charge is -2.20. The highest BCUT2D eigenvalue weighted by atomic mass is 32.2. The number of hydrogen-bond acceptors (Lipinski definition) is 3. The maximum Gasteiger partial charge on any atom is 0.270 e. The van der Waals surface area contributed by atoms with Gasteiger partial charge in [-0.05, 0) is 12.8 Å². The molecule has 24 heavy (non-hydrogen) atoms. The molecule has 0 aromatic rings. The summed E-state index contributed by atoms with van der Waals surface area (Å²) in [4.78, 5) is 0. The van der Waals surface area contributed by atoms with Crippen molar-refractivity contribution in [3.63, 3.8) is 0 Å². The normalized spacial score (nSPS) is 14.7. The minimum atomic E-state index is -4.16. The van der Waals surface area contributed by atoms with Crippen molar-refractivity contribution in [2.24, 2.45) is 0 Å². The molecule has 0 spiro atoms. The Morgan fingerprint density at radius 2 is 1.08 bits per heavy atom. The van der Waals surface area contributed by atoms with Crippen LogP contribution in [-0.2, 0) is 10.1 Å². The van der Waals surface area contributed by atoms with E-state index in [1.54, 1.807) is 0 Å². The Morgan fingerprint density at radius 1 is 0.667 bits per heavy atom. The third-order valence-electron chi connectivity index (χ3n) is 4.76. The van der Waals surface area contributed by atoms with Crippen molar-refractivity contribution in [3.05, 3.63) is 0 Å². The van der Waals surface area contributed by atoms with Gasteiger partial charge in [-0.15, -0.1) is 0 Å². The van der Waals surface area contributed by atoms with Crippen LogP contribution in [0.4, 0.5) is 0 Å². The quantitative estimate of drug-likeness (QED) is 0.264. The summed E-state index contributed by atoms with van der Waals surface area (Å²) in [7, 11) is -4.16. The standard InChI is InChI=1S/C19H40O4S/c1-3-5-7-8-9-10-11-12-13-14-15-17-19(24(21,22)23)18(20)16-6-4-2/h18-20H,3-17H2,1-2H3,(H,21,22,23). The van der Waals surface area contributed by atoms with E-state index in [9.17, 15) is 18.1 Å². The molecule has 0 radical (unpaired) electrons. The molecular weight excluding hydrogens is 324 g/mol. The smallest absolute Gasteiger partial charge is 0.270 e. The first-order valence-electron chi connectivity index (χ1n) is 10.1. The Kier molecular flexibility index (Phi) is 15.1. The summed E-state index contributed by atoms with van der Waals surface area (Å²) in [5.74, 6) is 0. The van der Waals surface area contributed by atoms with Crippen LogP contribution in [0.3, 0.4) is 0 Å². The van der Waals surface area contributed by atoms with Crippen LogP contribution in [0.15, 0.2) is 0 Å². The first kappa shape index (κ1) is 23.9. The Balaban J connectivity index is 3.74. The van der Waals surface area contributed by atoms with Gasteiger partial charge in [-0.25, -0.2) is 0 Å². The second-order valence-corrected chi connectivity index (χ2v) is 8.72. The Labute approximate surface area is 150 Å². The van der Waals surface area contributed by atoms with Crippen LogP contribution in [0, 0.1) is 0 Å². The van der Waals surface area contributed by atoms with Crippen molar-refractivity contribution in [2.45, 2.75) is 122 Å². The van der Waals surface area contributed by atoms with Crippen molar-refractivity contribution in [2.75, 3.05) is 0 Å². The molecule has 0 aliphatic heterocycles. The molecule has 0 aromatic carbocycles. The van der Waals surface area contributed by atoms with E-state index in [1.165, 1.54) is 51.4 Å². The molecule has 0 saturated carbocycles. The van der Waals surface area contributed by atoms with Crippen LogP contribution in [0.5, 0.6) is 0 Å². The number of unbranched alkanes of at least 4 members (excludes halogenated alkanes) is 11. The molecule has 0 saturated heterocycles. The molecule has 0 amide bonds. The van der Waals surface area contributed by atoms with Gasteiger partial charge < -0.3 is 5.11 Å². The van der Waals surface area contributed by atoms with E-state index in [0.29, 0.717) is 12.8 Å². The first-order valence-corrected chi connectivity index (χ1v) is 11.6. The maximum atomic E-state index is 11.4. The minimum absolute atomic E-state index is 0.362. The highest BCUT2D eigenvalue weighted by molar-refractivity contribution is 7.86. The van der Waals surface area contributed by atoms with Gasteiger partial charge >= 0.3 is 0 Å². The largest absolute Gasteiger partial charge is 0.392 e. The zero-order valence-electron chi connectivity index (χ0n) is 15.9. The van der Waals surface area contributed by atoms with Crippen molar-refractivity contribution < 1.29 is 18.1 Å². The van der Waals surface area contributed by atoms with E-state index in [2.05, 4.69) is 6.92 Å². The highest BCUT2D eigenvalue weighted by Gasteiger charge is 2.29. The van der Waals surface area contributed by atoms with Crippen molar-refractivity contribution in [1.29, 1.82) is 0 Å². The lowest BCUT2D eigenvalue weighted by molar-refractivity contribution is 0.147. The Bertz CT molecular complexity index is 368. The highest BCUT2D eigenvalue weighted by Crippen LogP contribution is 2.19. The maximum absolute atomic E-state index is 11.4. The summed E-state index contributed by atoms with van der Waals surface area (Å²) >= 11 is 0. The molecule has 2 atom stereocenters. The van der Waals surface area contributed by atoms with Crippen molar-refractivity contribution in [1.82, 2.24) is 0 Å². The zero-order chi connectivity index (χ0) is 18.3. The zero-order valence-corrected chi connectivity index (χ0v) is 16.7. The van der Waals surface area contributed by atoms with Gasteiger partial charge in [0.1, 0.15) is 5.25 Å². The average molecular weight is 365 g/mol. The fourth-order valence-electron chi connectivity index (χ4n) is 3.15. The lowest BCUT2D eigenvalue weighted by Crippen LogP contribution is -2.33. The SMILES string of the molecule is CCCCCCCCCCCCCC(C(O)CCCC)S(=O)(=O)O. The molecule has 0 aliphatic carbocycles. The van der Waals surface area contributed by atoms with Gasteiger partial charge in [-0.3, -0.25) is 4.55 Å². The topological polar surface area (TPSA) is 74.6 Å². The molecule has 2 N–H and O–H groups in total. The van der Waals surface area contributed by atoms with Crippen LogP contribution < -0.4 is 0 Å². The predicted octanol–water partition coefficient (Wildman–Crippen LogP) is 5.50. The van der Waals surface area contributed by atoms with E-state index in [0.717, 1.165) is 32.1 Å². The van der Waals surface area contributed by atoms with Crippen LogP contribution in [0.2, 0.25) is 0 Å². The second-order valence-electron chi connectivity index (χ2n) is 7.09. The van der Waals surface area contributed by atoms with E-state index in [4.69, 9.17) is 0 Å². The summed E-state index contributed by atoms with van der Waals surface area (Å²) < 4.78 is 32.2. The third kappa shape index (κ3) is 13.2. The van der Waals surface area contributed by atoms with Gasteiger partial charge in [0.25, 0.3) is 10.1 Å². The number of aliphatic hydroxyl groups is 1. The summed E-state index contributed by atoms with van der Waals surface area (Å²) in [6.07, 6.45) is 14.8. The van der Waals surface area contributed by atoms with E-state index in [-0.39, 0.29) is 0 Å². The fraction of sp³-hybridized carbons (Fsp3) is 1.00. The molecule has 146 valence electrons. The van der Waals surface area contributed by atoms with Crippen LogP contribution >= 0.6 is 0 Å². The van der Waals surface area contributed by atoms with E-state index < -0.39 is 21.5 Å². The van der Waals surface area contributed by atoms with Crippen LogP contribution in [-0.4, -0.2) is 29.4 Å². The molecule has 0 aromatic heterocycles. The van der Waals surface area contributed by atoms with Gasteiger partial charge in [0, 0.05) is 0 Å². The molecule has 2 unspecified atom stereocenters. The van der Waals surface area contributed by atoms with Crippen molar-refractivity contribution >= 4 is 10.1 Å². The summed E-state index contributed by atoms with van der Waals surface area (Å²) in [6, 6.07) is 0. The number of hydrogen-bond donors (Lipinski definition) is 2. The molecule has 0 bridgehead atoms. The summed E-state index contributed by atoms with van der Waals surface area (Å²) in [5.41, 5.74) is 0. The first-order chi connectivity index (χ1) is 11.4. The average Bonchev–Trinajstić information content (AvgIpc) is 2.52. The fourth-order valence-corrected chi connectivity index (χ4v) is 4.15. The predicted molar refractivity (Wildman–Crippen MR) is 102 cm³/mol. The number of rotatable bonds is 17. The van der Waals surface area contributed by atoms with Gasteiger partial charge in [0.05, 0.1) is 6.10 Å². The molecular formula is C19H40O4S. The second kappa shape index (κ2) is 15.2. The van der Waals surface area contributed by atoms with Crippen molar-refractivity contribution in [3.8, 4) is 0 Å². The summed E-state index contributed by atoms with van der Waals surface area (Å²) in [5, 5.41) is 8.99. The van der Waals surface area contributed by atoms with Crippen LogP contribution in [0.1, 0.15) is 110 Å². The number of aliphatic hydroxyl groups excluding tert-OH is 1. The monoisotopic (exact) mass is 364 g/mol. The molecule has 0 aliphatic rings. The summed E-state index contributed by atoms with van der Waals surface area (Å²) in [6.45, 7) is 4.23. The molecule has 4 nitrogen and oxygen atoms in total. The van der Waals surface area contributed by atoms with Gasteiger partial charge in [-0.1, -0.05) is 97.3 Å². The minimum Gasteiger partial charge on any atom is -0.392 e. The Morgan fingerprint density at radius 3 is 1.50 bits per heavy atom. The van der Waals surface area contributed by atoms with Crippen LogP contribution in [0.25, 0.3) is 0 Å². The lowest BCUT2D eigenvalue weighted by atomic mass is 10.0. The van der Waals surface area contributed by atoms with E-state index in [1.807, 2.05) is 6.92 Å². The van der Waals surface area contributed by atoms with Gasteiger partial charge in [0.15, 0.2) is 0 Å². The Hall–Kier alpha value is -0.130. The molecule has 0 rings (SSSR count). The third-order valence-corrected chi connectivity index (χ3v) is 6.07. The van der Waals surface area contributed by atoms with Gasteiger partial charge in [0.2, 0.25) is 0 Å².